The van der Waals surface area contributed by atoms with Crippen molar-refractivity contribution in [3.8, 4) is 0 Å². The van der Waals surface area contributed by atoms with Gasteiger partial charge in [-0.25, -0.2) is 0 Å². The molecule has 0 atom stereocenters. The highest BCUT2D eigenvalue weighted by Crippen LogP contribution is 2.16. The van der Waals surface area contributed by atoms with Crippen LogP contribution in [-0.4, -0.2) is 23.7 Å². The number of carboxylic acids is 1. The van der Waals surface area contributed by atoms with E-state index >= 15 is 0 Å². The van der Waals surface area contributed by atoms with Crippen LogP contribution < -0.4 is 0 Å². The number of rotatable bonds is 39. The summed E-state index contributed by atoms with van der Waals surface area (Å²) in [5.74, 6) is -0.649. The molecule has 0 spiro atoms. The molecule has 0 amide bonds. The number of carbonyl (C=O) groups excluding carboxylic acids is 1. The Morgan fingerprint density at radius 2 is 0.717 bits per heavy atom. The molecule has 0 saturated carbocycles. The minimum atomic E-state index is -0.660. The van der Waals surface area contributed by atoms with Crippen LogP contribution in [0.1, 0.15) is 238 Å². The number of ether oxygens (including phenoxy) is 1. The molecule has 0 aromatic carbocycles. The molecular formula is C42H80O4. The number of hydrogen-bond donors (Lipinski definition) is 1. The van der Waals surface area contributed by atoms with Gasteiger partial charge in [0.2, 0.25) is 0 Å². The van der Waals surface area contributed by atoms with Crippen LogP contribution in [0, 0.1) is 0 Å². The van der Waals surface area contributed by atoms with Crippen molar-refractivity contribution in [3.05, 3.63) is 12.2 Å². The summed E-state index contributed by atoms with van der Waals surface area (Å²) in [7, 11) is 0. The SMILES string of the molecule is CCCCCCC=CCCCCCCCCCCCC(=O)OCCCCCCCCCCCCCCCCCCCCCC(=O)O. The monoisotopic (exact) mass is 649 g/mol. The largest absolute Gasteiger partial charge is 0.481 e. The fourth-order valence-corrected chi connectivity index (χ4v) is 6.34. The number of carboxylic acid groups (broad SMARTS) is 1. The summed E-state index contributed by atoms with van der Waals surface area (Å²) in [5, 5.41) is 8.64. The van der Waals surface area contributed by atoms with E-state index in [-0.39, 0.29) is 5.97 Å². The molecule has 0 aromatic rings. The second-order valence-corrected chi connectivity index (χ2v) is 14.1. The van der Waals surface area contributed by atoms with Crippen molar-refractivity contribution in [2.24, 2.45) is 0 Å². The van der Waals surface area contributed by atoms with Gasteiger partial charge in [-0.2, -0.15) is 0 Å². The minimum Gasteiger partial charge on any atom is -0.481 e. The summed E-state index contributed by atoms with van der Waals surface area (Å²) >= 11 is 0. The van der Waals surface area contributed by atoms with Gasteiger partial charge in [-0.3, -0.25) is 9.59 Å². The zero-order valence-corrected chi connectivity index (χ0v) is 31.0. The molecule has 0 aliphatic heterocycles. The lowest BCUT2D eigenvalue weighted by atomic mass is 10.0. The van der Waals surface area contributed by atoms with Crippen LogP contribution in [0.2, 0.25) is 0 Å². The Hall–Kier alpha value is -1.32. The Balaban J connectivity index is 3.17. The summed E-state index contributed by atoms with van der Waals surface area (Å²) in [6.07, 6.45) is 49.5. The van der Waals surface area contributed by atoms with Crippen LogP contribution in [-0.2, 0) is 14.3 Å². The minimum absolute atomic E-state index is 0.0109. The summed E-state index contributed by atoms with van der Waals surface area (Å²) in [5.41, 5.74) is 0. The maximum absolute atomic E-state index is 12.0. The molecule has 0 bridgehead atoms. The Bertz CT molecular complexity index is 644. The second kappa shape index (κ2) is 39.9. The van der Waals surface area contributed by atoms with Crippen LogP contribution in [0.15, 0.2) is 12.2 Å². The van der Waals surface area contributed by atoms with Crippen LogP contribution in [0.3, 0.4) is 0 Å². The van der Waals surface area contributed by atoms with Crippen LogP contribution in [0.4, 0.5) is 0 Å². The van der Waals surface area contributed by atoms with Gasteiger partial charge in [0.1, 0.15) is 0 Å². The summed E-state index contributed by atoms with van der Waals surface area (Å²) in [6.45, 7) is 2.89. The first kappa shape index (κ1) is 44.7. The fraction of sp³-hybridized carbons (Fsp3) is 0.905. The lowest BCUT2D eigenvalue weighted by molar-refractivity contribution is -0.144. The first-order valence-electron chi connectivity index (χ1n) is 20.7. The third-order valence-corrected chi connectivity index (χ3v) is 9.44. The summed E-state index contributed by atoms with van der Waals surface area (Å²) < 4.78 is 5.45. The van der Waals surface area contributed by atoms with Gasteiger partial charge >= 0.3 is 11.9 Å². The van der Waals surface area contributed by atoms with Crippen LogP contribution in [0.25, 0.3) is 0 Å². The van der Waals surface area contributed by atoms with E-state index in [1.165, 1.54) is 193 Å². The quantitative estimate of drug-likeness (QED) is 0.0409. The molecule has 4 heteroatoms. The molecule has 0 aliphatic rings. The van der Waals surface area contributed by atoms with Crippen molar-refractivity contribution >= 4 is 11.9 Å². The van der Waals surface area contributed by atoms with Gasteiger partial charge in [-0.05, 0) is 44.9 Å². The van der Waals surface area contributed by atoms with Crippen molar-refractivity contribution in [2.45, 2.75) is 238 Å². The lowest BCUT2D eigenvalue weighted by Crippen LogP contribution is -2.05. The Morgan fingerprint density at radius 1 is 0.413 bits per heavy atom. The number of carbonyl (C=O) groups is 2. The third kappa shape index (κ3) is 40.7. The predicted molar refractivity (Wildman–Crippen MR) is 200 cm³/mol. The molecule has 272 valence electrons. The lowest BCUT2D eigenvalue weighted by Gasteiger charge is -2.06. The van der Waals surface area contributed by atoms with Gasteiger partial charge < -0.3 is 9.84 Å². The molecule has 4 nitrogen and oxygen atoms in total. The zero-order chi connectivity index (χ0) is 33.4. The molecule has 1 N–H and O–H groups in total. The zero-order valence-electron chi connectivity index (χ0n) is 31.0. The fourth-order valence-electron chi connectivity index (χ4n) is 6.34. The highest BCUT2D eigenvalue weighted by Gasteiger charge is 2.03. The highest BCUT2D eigenvalue weighted by molar-refractivity contribution is 5.69. The first-order valence-corrected chi connectivity index (χ1v) is 20.7. The van der Waals surface area contributed by atoms with Crippen molar-refractivity contribution < 1.29 is 19.4 Å². The average Bonchev–Trinajstić information content (AvgIpc) is 3.04. The molecule has 0 fully saturated rings. The normalized spacial score (nSPS) is 11.5. The number of unbranched alkanes of at least 4 members (excludes halogenated alkanes) is 31. The van der Waals surface area contributed by atoms with Gasteiger partial charge in [0, 0.05) is 12.8 Å². The third-order valence-electron chi connectivity index (χ3n) is 9.44. The van der Waals surface area contributed by atoms with E-state index in [2.05, 4.69) is 19.1 Å². The van der Waals surface area contributed by atoms with Gasteiger partial charge in [0.05, 0.1) is 6.61 Å². The number of hydrogen-bond acceptors (Lipinski definition) is 3. The molecule has 0 rings (SSSR count). The average molecular weight is 649 g/mol. The Morgan fingerprint density at radius 3 is 1.09 bits per heavy atom. The number of aliphatic carboxylic acids is 1. The van der Waals surface area contributed by atoms with Crippen LogP contribution in [0.5, 0.6) is 0 Å². The van der Waals surface area contributed by atoms with E-state index in [1.807, 2.05) is 0 Å². The van der Waals surface area contributed by atoms with Gasteiger partial charge in [-0.15, -0.1) is 0 Å². The highest BCUT2D eigenvalue weighted by atomic mass is 16.5. The second-order valence-electron chi connectivity index (χ2n) is 14.1. The van der Waals surface area contributed by atoms with Gasteiger partial charge in [0.15, 0.2) is 0 Å². The maximum Gasteiger partial charge on any atom is 0.305 e. The molecule has 0 heterocycles. The molecule has 0 aromatic heterocycles. The van der Waals surface area contributed by atoms with Crippen LogP contribution >= 0.6 is 0 Å². The molecule has 0 unspecified atom stereocenters. The number of esters is 1. The predicted octanol–water partition coefficient (Wildman–Crippen LogP) is 14.2. The van der Waals surface area contributed by atoms with E-state index in [9.17, 15) is 9.59 Å². The Kier molecular flexibility index (Phi) is 38.7. The Labute approximate surface area is 287 Å². The van der Waals surface area contributed by atoms with Crippen molar-refractivity contribution in [1.29, 1.82) is 0 Å². The molecule has 46 heavy (non-hydrogen) atoms. The summed E-state index contributed by atoms with van der Waals surface area (Å²) in [6, 6.07) is 0. The molecular weight excluding hydrogens is 568 g/mol. The van der Waals surface area contributed by atoms with E-state index < -0.39 is 5.97 Å². The van der Waals surface area contributed by atoms with E-state index in [0.29, 0.717) is 19.4 Å². The van der Waals surface area contributed by atoms with E-state index in [1.54, 1.807) is 0 Å². The standard InChI is InChI=1S/C42H80O4/c1-2-3-4-5-6-7-8-9-10-14-18-21-24-27-30-33-36-39-42(45)46-40-37-34-31-28-25-22-19-16-13-11-12-15-17-20-23-26-29-32-35-38-41(43)44/h7-8H,2-6,9-40H2,1H3,(H,43,44). The topological polar surface area (TPSA) is 63.6 Å². The smallest absolute Gasteiger partial charge is 0.305 e. The van der Waals surface area contributed by atoms with E-state index in [4.69, 9.17) is 9.84 Å². The van der Waals surface area contributed by atoms with E-state index in [0.717, 1.165) is 25.7 Å². The first-order chi connectivity index (χ1) is 22.7. The van der Waals surface area contributed by atoms with Gasteiger partial charge in [0.25, 0.3) is 0 Å². The molecule has 0 saturated heterocycles. The van der Waals surface area contributed by atoms with Gasteiger partial charge in [-0.1, -0.05) is 192 Å². The maximum atomic E-state index is 12.0. The van der Waals surface area contributed by atoms with Crippen molar-refractivity contribution in [3.63, 3.8) is 0 Å². The summed E-state index contributed by atoms with van der Waals surface area (Å²) in [4.78, 5) is 22.5. The van der Waals surface area contributed by atoms with Crippen molar-refractivity contribution in [2.75, 3.05) is 6.61 Å². The molecule has 0 aliphatic carbocycles. The number of allylic oxidation sites excluding steroid dienone is 2. The molecule has 0 radical (unpaired) electrons. The van der Waals surface area contributed by atoms with Crippen molar-refractivity contribution in [1.82, 2.24) is 0 Å².